The molecule has 3 rings (SSSR count). The first-order valence-electron chi connectivity index (χ1n) is 6.08. The number of nitrogens with zero attached hydrogens (tertiary/aromatic N) is 1. The van der Waals surface area contributed by atoms with Crippen molar-refractivity contribution < 1.29 is 8.42 Å². The summed E-state index contributed by atoms with van der Waals surface area (Å²) in [5.74, 6) is 0. The highest BCUT2D eigenvalue weighted by molar-refractivity contribution is 14.1. The molecule has 0 unspecified atom stereocenters. The van der Waals surface area contributed by atoms with E-state index in [9.17, 15) is 8.42 Å². The first-order valence-corrected chi connectivity index (χ1v) is 8.60. The molecule has 1 aromatic heterocycles. The van der Waals surface area contributed by atoms with Gasteiger partial charge in [0, 0.05) is 15.2 Å². The summed E-state index contributed by atoms with van der Waals surface area (Å²) in [5.41, 5.74) is 1.74. The van der Waals surface area contributed by atoms with Crippen molar-refractivity contribution in [1.82, 2.24) is 3.97 Å². The van der Waals surface area contributed by atoms with E-state index in [1.165, 1.54) is 3.97 Å². The van der Waals surface area contributed by atoms with E-state index in [1.807, 2.05) is 43.3 Å². The second-order valence-electron chi connectivity index (χ2n) is 4.61. The van der Waals surface area contributed by atoms with Crippen LogP contribution in [0.5, 0.6) is 0 Å². The van der Waals surface area contributed by atoms with E-state index < -0.39 is 10.0 Å². The van der Waals surface area contributed by atoms with Crippen molar-refractivity contribution in [1.29, 1.82) is 0 Å². The largest absolute Gasteiger partial charge is 0.268 e. The number of para-hydroxylation sites is 1. The molecule has 3 aromatic rings. The normalized spacial score (nSPS) is 11.9. The molecule has 0 aliphatic rings. The molecule has 1 heterocycles. The van der Waals surface area contributed by atoms with Gasteiger partial charge in [0.25, 0.3) is 10.0 Å². The van der Waals surface area contributed by atoms with Crippen LogP contribution < -0.4 is 0 Å². The fraction of sp³-hybridized carbons (Fsp3) is 0.0667. The van der Waals surface area contributed by atoms with Crippen LogP contribution in [0.4, 0.5) is 0 Å². The Labute approximate surface area is 131 Å². The summed E-state index contributed by atoms with van der Waals surface area (Å²) in [6.07, 6.45) is 1.67. The summed E-state index contributed by atoms with van der Waals surface area (Å²) in [6, 6.07) is 14.4. The number of aryl methyl sites for hydroxylation is 1. The van der Waals surface area contributed by atoms with Crippen LogP contribution in [-0.2, 0) is 10.0 Å². The first-order chi connectivity index (χ1) is 9.50. The number of aromatic nitrogens is 1. The van der Waals surface area contributed by atoms with Crippen molar-refractivity contribution in [2.45, 2.75) is 11.8 Å². The molecular formula is C15H12INO2S. The fourth-order valence-electron chi connectivity index (χ4n) is 2.13. The third kappa shape index (κ3) is 2.14. The van der Waals surface area contributed by atoms with Crippen molar-refractivity contribution in [2.75, 3.05) is 0 Å². The Kier molecular flexibility index (Phi) is 3.33. The number of hydrogen-bond acceptors (Lipinski definition) is 2. The molecule has 5 heteroatoms. The van der Waals surface area contributed by atoms with Gasteiger partial charge in [0.05, 0.1) is 10.4 Å². The van der Waals surface area contributed by atoms with E-state index >= 15 is 0 Å². The minimum absolute atomic E-state index is 0.306. The quantitative estimate of drug-likeness (QED) is 0.618. The number of benzene rings is 2. The molecular weight excluding hydrogens is 385 g/mol. The Balaban J connectivity index is 2.27. The maximum absolute atomic E-state index is 12.7. The molecule has 0 amide bonds. The molecule has 20 heavy (non-hydrogen) atoms. The number of hydrogen-bond donors (Lipinski definition) is 0. The van der Waals surface area contributed by atoms with Crippen LogP contribution in [0.3, 0.4) is 0 Å². The molecule has 0 aliphatic carbocycles. The second-order valence-corrected chi connectivity index (χ2v) is 7.59. The van der Waals surface area contributed by atoms with Crippen molar-refractivity contribution in [3.05, 3.63) is 63.9 Å². The molecule has 0 aliphatic heterocycles. The van der Waals surface area contributed by atoms with Gasteiger partial charge in [-0.3, -0.25) is 0 Å². The van der Waals surface area contributed by atoms with Gasteiger partial charge in [-0.25, -0.2) is 12.4 Å². The van der Waals surface area contributed by atoms with Crippen molar-refractivity contribution in [3.63, 3.8) is 0 Å². The Hall–Kier alpha value is -1.34. The summed E-state index contributed by atoms with van der Waals surface area (Å²) in [6.45, 7) is 1.93. The van der Waals surface area contributed by atoms with Gasteiger partial charge in [-0.1, -0.05) is 35.9 Å². The Bertz CT molecular complexity index is 880. The van der Waals surface area contributed by atoms with E-state index in [1.54, 1.807) is 18.3 Å². The summed E-state index contributed by atoms with van der Waals surface area (Å²) in [4.78, 5) is 0.306. The summed E-state index contributed by atoms with van der Waals surface area (Å²) in [5, 5.41) is 0.948. The molecule has 0 spiro atoms. The third-order valence-corrected chi connectivity index (χ3v) is 5.75. The minimum Gasteiger partial charge on any atom is -0.240 e. The lowest BCUT2D eigenvalue weighted by atomic mass is 10.2. The molecule has 0 fully saturated rings. The minimum atomic E-state index is -3.55. The predicted octanol–water partition coefficient (Wildman–Crippen LogP) is 3.79. The zero-order chi connectivity index (χ0) is 14.3. The van der Waals surface area contributed by atoms with Crippen molar-refractivity contribution >= 4 is 43.5 Å². The Morgan fingerprint density at radius 1 is 1.00 bits per heavy atom. The summed E-state index contributed by atoms with van der Waals surface area (Å²) in [7, 11) is -3.55. The smallest absolute Gasteiger partial charge is 0.240 e. The number of halogens is 1. The van der Waals surface area contributed by atoms with E-state index in [0.29, 0.717) is 10.4 Å². The van der Waals surface area contributed by atoms with Crippen LogP contribution in [0, 0.1) is 10.5 Å². The molecule has 3 nitrogen and oxygen atoms in total. The SMILES string of the molecule is Cc1ccc(S(=O)(=O)n2cc(I)c3ccccc32)cc1. The Morgan fingerprint density at radius 2 is 1.65 bits per heavy atom. The number of rotatable bonds is 2. The van der Waals surface area contributed by atoms with Crippen molar-refractivity contribution in [3.8, 4) is 0 Å². The molecule has 0 bridgehead atoms. The van der Waals surface area contributed by atoms with Crippen LogP contribution >= 0.6 is 22.6 Å². The lowest BCUT2D eigenvalue weighted by Crippen LogP contribution is -2.11. The van der Waals surface area contributed by atoms with Gasteiger partial charge in [-0.15, -0.1) is 0 Å². The average molecular weight is 397 g/mol. The van der Waals surface area contributed by atoms with E-state index in [0.717, 1.165) is 14.5 Å². The topological polar surface area (TPSA) is 39.1 Å². The molecule has 0 radical (unpaired) electrons. The van der Waals surface area contributed by atoms with Crippen LogP contribution in [-0.4, -0.2) is 12.4 Å². The lowest BCUT2D eigenvalue weighted by molar-refractivity contribution is 0.589. The van der Waals surface area contributed by atoms with Gasteiger partial charge in [0.1, 0.15) is 0 Å². The zero-order valence-electron chi connectivity index (χ0n) is 10.7. The van der Waals surface area contributed by atoms with Crippen LogP contribution in [0.2, 0.25) is 0 Å². The van der Waals surface area contributed by atoms with Gasteiger partial charge in [0.15, 0.2) is 0 Å². The van der Waals surface area contributed by atoms with Gasteiger partial charge in [-0.2, -0.15) is 0 Å². The number of fused-ring (bicyclic) bond motifs is 1. The van der Waals surface area contributed by atoms with Gasteiger partial charge < -0.3 is 0 Å². The average Bonchev–Trinajstić information content (AvgIpc) is 2.78. The summed E-state index contributed by atoms with van der Waals surface area (Å²) >= 11 is 2.16. The Morgan fingerprint density at radius 3 is 2.35 bits per heavy atom. The third-order valence-electron chi connectivity index (χ3n) is 3.21. The van der Waals surface area contributed by atoms with E-state index in [4.69, 9.17) is 0 Å². The van der Waals surface area contributed by atoms with Crippen LogP contribution in [0.25, 0.3) is 10.9 Å². The summed E-state index contributed by atoms with van der Waals surface area (Å²) < 4.78 is 27.7. The van der Waals surface area contributed by atoms with Gasteiger partial charge in [0.2, 0.25) is 0 Å². The molecule has 102 valence electrons. The van der Waals surface area contributed by atoms with E-state index in [2.05, 4.69) is 22.6 Å². The van der Waals surface area contributed by atoms with Crippen molar-refractivity contribution in [2.24, 2.45) is 0 Å². The predicted molar refractivity (Wildman–Crippen MR) is 88.4 cm³/mol. The van der Waals surface area contributed by atoms with Gasteiger partial charge >= 0.3 is 0 Å². The monoisotopic (exact) mass is 397 g/mol. The fourth-order valence-corrected chi connectivity index (χ4v) is 4.43. The maximum atomic E-state index is 12.7. The molecule has 0 saturated heterocycles. The first kappa shape index (κ1) is 13.6. The molecule has 0 N–H and O–H groups in total. The second kappa shape index (κ2) is 4.89. The van der Waals surface area contributed by atoms with E-state index in [-0.39, 0.29) is 0 Å². The highest BCUT2D eigenvalue weighted by Gasteiger charge is 2.20. The zero-order valence-corrected chi connectivity index (χ0v) is 13.7. The molecule has 0 atom stereocenters. The molecule has 0 saturated carbocycles. The van der Waals surface area contributed by atoms with Gasteiger partial charge in [-0.05, 0) is 47.7 Å². The highest BCUT2D eigenvalue weighted by atomic mass is 127. The van der Waals surface area contributed by atoms with Crippen LogP contribution in [0.15, 0.2) is 59.6 Å². The maximum Gasteiger partial charge on any atom is 0.268 e. The van der Waals surface area contributed by atoms with Crippen LogP contribution in [0.1, 0.15) is 5.56 Å². The standard InChI is InChI=1S/C15H12INO2S/c1-11-6-8-12(9-7-11)20(18,19)17-10-14(16)13-4-2-3-5-15(13)17/h2-10H,1H3. The lowest BCUT2D eigenvalue weighted by Gasteiger charge is -2.07. The molecule has 2 aromatic carbocycles. The highest BCUT2D eigenvalue weighted by Crippen LogP contribution is 2.26.